The second-order valence-corrected chi connectivity index (χ2v) is 5.22. The third kappa shape index (κ3) is 3.95. The van der Waals surface area contributed by atoms with Crippen molar-refractivity contribution >= 4 is 33.2 Å². The summed E-state index contributed by atoms with van der Waals surface area (Å²) in [7, 11) is 0. The normalized spacial score (nSPS) is 10.2. The van der Waals surface area contributed by atoms with E-state index in [4.69, 9.17) is 10.5 Å². The molecule has 3 N–H and O–H groups in total. The molecular formula is C15H14BrFN2O2. The van der Waals surface area contributed by atoms with Crippen molar-refractivity contribution in [3.8, 4) is 5.75 Å². The van der Waals surface area contributed by atoms with Crippen molar-refractivity contribution in [1.82, 2.24) is 0 Å². The van der Waals surface area contributed by atoms with Gasteiger partial charge in [0.2, 0.25) is 0 Å². The van der Waals surface area contributed by atoms with E-state index < -0.39 is 11.7 Å². The van der Waals surface area contributed by atoms with Crippen molar-refractivity contribution in [2.45, 2.75) is 6.92 Å². The van der Waals surface area contributed by atoms with E-state index in [1.165, 1.54) is 18.2 Å². The Hall–Kier alpha value is -2.08. The first-order valence-electron chi connectivity index (χ1n) is 6.29. The lowest BCUT2D eigenvalue weighted by Crippen LogP contribution is -2.13. The van der Waals surface area contributed by atoms with Crippen LogP contribution in [0.5, 0.6) is 5.75 Å². The fraction of sp³-hybridized carbons (Fsp3) is 0.133. The van der Waals surface area contributed by atoms with Gasteiger partial charge in [-0.2, -0.15) is 0 Å². The zero-order valence-corrected chi connectivity index (χ0v) is 12.9. The molecule has 0 heterocycles. The first-order chi connectivity index (χ1) is 9.99. The Labute approximate surface area is 130 Å². The van der Waals surface area contributed by atoms with E-state index in [1.807, 2.05) is 6.92 Å². The van der Waals surface area contributed by atoms with E-state index in [0.717, 1.165) is 0 Å². The molecule has 110 valence electrons. The molecule has 0 bridgehead atoms. The number of ether oxygens (including phenoxy) is 1. The van der Waals surface area contributed by atoms with Crippen LogP contribution in [0.25, 0.3) is 0 Å². The molecular weight excluding hydrogens is 339 g/mol. The summed E-state index contributed by atoms with van der Waals surface area (Å²) in [6, 6.07) is 9.10. The molecule has 2 rings (SSSR count). The largest absolute Gasteiger partial charge is 0.494 e. The van der Waals surface area contributed by atoms with Gasteiger partial charge >= 0.3 is 0 Å². The molecule has 21 heavy (non-hydrogen) atoms. The van der Waals surface area contributed by atoms with Crippen molar-refractivity contribution in [1.29, 1.82) is 0 Å². The number of hydrogen-bond donors (Lipinski definition) is 2. The predicted molar refractivity (Wildman–Crippen MR) is 84.1 cm³/mol. The molecule has 0 spiro atoms. The molecule has 0 aromatic heterocycles. The number of hydrogen-bond acceptors (Lipinski definition) is 3. The molecule has 0 radical (unpaired) electrons. The Kier molecular flexibility index (Phi) is 4.80. The van der Waals surface area contributed by atoms with Crippen LogP contribution in [0.3, 0.4) is 0 Å². The van der Waals surface area contributed by atoms with Gasteiger partial charge in [0.1, 0.15) is 11.6 Å². The van der Waals surface area contributed by atoms with E-state index in [1.54, 1.807) is 18.2 Å². The van der Waals surface area contributed by atoms with Crippen LogP contribution in [0.1, 0.15) is 17.3 Å². The lowest BCUT2D eigenvalue weighted by atomic mass is 10.1. The molecule has 2 aromatic carbocycles. The van der Waals surface area contributed by atoms with Crippen LogP contribution in [0.15, 0.2) is 40.9 Å². The van der Waals surface area contributed by atoms with Gasteiger partial charge in [0.25, 0.3) is 5.91 Å². The minimum absolute atomic E-state index is 0.101. The molecule has 0 aliphatic heterocycles. The highest BCUT2D eigenvalue weighted by Crippen LogP contribution is 2.22. The number of rotatable bonds is 4. The molecule has 6 heteroatoms. The molecule has 4 nitrogen and oxygen atoms in total. The van der Waals surface area contributed by atoms with Gasteiger partial charge in [-0.3, -0.25) is 4.79 Å². The zero-order chi connectivity index (χ0) is 15.4. The van der Waals surface area contributed by atoms with Crippen LogP contribution < -0.4 is 15.8 Å². The Balaban J connectivity index is 2.23. The lowest BCUT2D eigenvalue weighted by molar-refractivity contribution is 0.102. The van der Waals surface area contributed by atoms with Gasteiger partial charge in [0, 0.05) is 21.8 Å². The lowest BCUT2D eigenvalue weighted by Gasteiger charge is -2.10. The maximum absolute atomic E-state index is 13.7. The molecule has 0 fully saturated rings. The molecule has 0 aliphatic carbocycles. The number of carbonyl (C=O) groups is 1. The molecule has 0 aliphatic rings. The number of nitrogens with one attached hydrogen (secondary N) is 1. The van der Waals surface area contributed by atoms with Crippen molar-refractivity contribution in [3.05, 3.63) is 52.3 Å². The summed E-state index contributed by atoms with van der Waals surface area (Å²) in [5.41, 5.74) is 6.54. The number of anilines is 2. The highest BCUT2D eigenvalue weighted by atomic mass is 79.9. The quantitative estimate of drug-likeness (QED) is 0.822. The van der Waals surface area contributed by atoms with E-state index in [0.29, 0.717) is 28.1 Å². The number of halogens is 2. The Morgan fingerprint density at radius 2 is 2.10 bits per heavy atom. The summed E-state index contributed by atoms with van der Waals surface area (Å²) in [4.78, 5) is 12.2. The molecule has 0 saturated heterocycles. The van der Waals surface area contributed by atoms with E-state index in [2.05, 4.69) is 21.2 Å². The summed E-state index contributed by atoms with van der Waals surface area (Å²) < 4.78 is 19.6. The van der Waals surface area contributed by atoms with Crippen molar-refractivity contribution < 1.29 is 13.9 Å². The SMILES string of the molecule is CCOc1cc(N)cc(C(=O)Nc2ccc(Br)cc2F)c1. The molecule has 1 amide bonds. The Bertz CT molecular complexity index is 677. The first-order valence-corrected chi connectivity index (χ1v) is 7.08. The Morgan fingerprint density at radius 3 is 2.76 bits per heavy atom. The Morgan fingerprint density at radius 1 is 1.33 bits per heavy atom. The van der Waals surface area contributed by atoms with Gasteiger partial charge in [0.15, 0.2) is 0 Å². The number of carbonyl (C=O) groups excluding carboxylic acids is 1. The zero-order valence-electron chi connectivity index (χ0n) is 11.3. The maximum Gasteiger partial charge on any atom is 0.255 e. The summed E-state index contributed by atoms with van der Waals surface area (Å²) in [6.45, 7) is 2.30. The summed E-state index contributed by atoms with van der Waals surface area (Å²) in [5, 5.41) is 2.50. The fourth-order valence-corrected chi connectivity index (χ4v) is 2.12. The number of benzene rings is 2. The van der Waals surface area contributed by atoms with Gasteiger partial charge in [-0.05, 0) is 37.3 Å². The van der Waals surface area contributed by atoms with Crippen LogP contribution in [-0.2, 0) is 0 Å². The first kappa shape index (κ1) is 15.3. The summed E-state index contributed by atoms with van der Waals surface area (Å²) in [5.74, 6) is -0.477. The predicted octanol–water partition coefficient (Wildman–Crippen LogP) is 3.82. The van der Waals surface area contributed by atoms with Crippen molar-refractivity contribution in [2.24, 2.45) is 0 Å². The van der Waals surface area contributed by atoms with Crippen LogP contribution in [0.4, 0.5) is 15.8 Å². The van der Waals surface area contributed by atoms with E-state index >= 15 is 0 Å². The minimum atomic E-state index is -0.522. The van der Waals surface area contributed by atoms with Crippen molar-refractivity contribution in [3.63, 3.8) is 0 Å². The standard InChI is InChI=1S/C15H14BrFN2O2/c1-2-21-12-6-9(5-11(18)8-12)15(20)19-14-4-3-10(16)7-13(14)17/h3-8H,2,18H2,1H3,(H,19,20). The van der Waals surface area contributed by atoms with Gasteiger partial charge in [0.05, 0.1) is 12.3 Å². The van der Waals surface area contributed by atoms with Crippen LogP contribution in [0, 0.1) is 5.82 Å². The maximum atomic E-state index is 13.7. The van der Waals surface area contributed by atoms with E-state index in [-0.39, 0.29) is 5.69 Å². The number of nitrogen functional groups attached to an aromatic ring is 1. The van der Waals surface area contributed by atoms with Gasteiger partial charge in [-0.15, -0.1) is 0 Å². The highest BCUT2D eigenvalue weighted by molar-refractivity contribution is 9.10. The average molecular weight is 353 g/mol. The fourth-order valence-electron chi connectivity index (χ4n) is 1.79. The third-order valence-electron chi connectivity index (χ3n) is 2.68. The molecule has 0 atom stereocenters. The van der Waals surface area contributed by atoms with Crippen molar-refractivity contribution in [2.75, 3.05) is 17.7 Å². The van der Waals surface area contributed by atoms with Crippen LogP contribution in [-0.4, -0.2) is 12.5 Å². The highest BCUT2D eigenvalue weighted by Gasteiger charge is 2.11. The number of nitrogens with two attached hydrogens (primary N) is 1. The second-order valence-electron chi connectivity index (χ2n) is 4.30. The van der Waals surface area contributed by atoms with E-state index in [9.17, 15) is 9.18 Å². The van der Waals surface area contributed by atoms with Crippen LogP contribution in [0.2, 0.25) is 0 Å². The monoisotopic (exact) mass is 352 g/mol. The number of amides is 1. The minimum Gasteiger partial charge on any atom is -0.494 e. The topological polar surface area (TPSA) is 64.3 Å². The molecule has 0 saturated carbocycles. The van der Waals surface area contributed by atoms with Gasteiger partial charge < -0.3 is 15.8 Å². The molecule has 0 unspecified atom stereocenters. The summed E-state index contributed by atoms with van der Waals surface area (Å²) >= 11 is 3.16. The second kappa shape index (κ2) is 6.58. The van der Waals surface area contributed by atoms with Gasteiger partial charge in [-0.1, -0.05) is 15.9 Å². The van der Waals surface area contributed by atoms with Gasteiger partial charge in [-0.25, -0.2) is 4.39 Å². The summed E-state index contributed by atoms with van der Waals surface area (Å²) in [6.07, 6.45) is 0. The average Bonchev–Trinajstić information content (AvgIpc) is 2.41. The van der Waals surface area contributed by atoms with Crippen LogP contribution >= 0.6 is 15.9 Å². The molecule has 2 aromatic rings. The smallest absolute Gasteiger partial charge is 0.255 e. The third-order valence-corrected chi connectivity index (χ3v) is 3.17.